The van der Waals surface area contributed by atoms with E-state index < -0.39 is 25.0 Å². The standard InChI is InChI=1S/C61H75ClN6O14S2/c1-7-66(8-2)45-17-21-49-55(37-45)82-56-38-46(67(9-3)10-4)18-22-50(56)60(49)53-40-48(20-24-57(53)84(74,75)76)83(72,73)65-28-30-79-32-34-81-36-35-80-33-31-78-29-25-58(69)63-26-11-12-27-64-59(70)41-51-42(5)68(54-23-19-47(77-6)39-52(51)54)61(71)43-13-15-44(62)16-14-43/h13-24,37-40,65H,7-12,25-36,41H2,1-6H3,(H2-,63,64,69,70,74,75,76). The Labute approximate surface area is 496 Å². The lowest BCUT2D eigenvalue weighted by atomic mass is 9.93. The Bertz CT molecular complexity index is 3670. The molecule has 5 aromatic rings. The number of unbranched alkanes of at least 4 members (excludes halogenated alkanes) is 1. The molecule has 7 rings (SSSR count). The number of nitrogens with one attached hydrogen (secondary N) is 3. The van der Waals surface area contributed by atoms with Crippen molar-refractivity contribution < 1.29 is 63.9 Å². The van der Waals surface area contributed by atoms with E-state index in [9.17, 15) is 35.8 Å². The Morgan fingerprint density at radius 2 is 1.33 bits per heavy atom. The van der Waals surface area contributed by atoms with Crippen molar-refractivity contribution in [2.24, 2.45) is 0 Å². The minimum atomic E-state index is -5.09. The number of carbonyl (C=O) groups is 3. The van der Waals surface area contributed by atoms with E-state index in [1.54, 1.807) is 54.1 Å². The quantitative estimate of drug-likeness (QED) is 0.0157. The third-order valence-corrected chi connectivity index (χ3v) is 16.9. The van der Waals surface area contributed by atoms with Gasteiger partial charge in [-0.05, 0) is 132 Å². The normalized spacial score (nSPS) is 11.9. The molecule has 1 aromatic heterocycles. The first-order chi connectivity index (χ1) is 40.4. The number of ether oxygens (including phenoxy) is 5. The van der Waals surface area contributed by atoms with E-state index in [4.69, 9.17) is 39.7 Å². The maximum absolute atomic E-state index is 13.7. The SMILES string of the molecule is CCN(CC)c1ccc2c(-c3cc(S(=O)(=O)NCCOCCOCCOCCOCCC(=O)NCCCCNC(=O)Cc4c(C)n(C(=O)c5ccc(Cl)cc5)c5ccc(OC)cc45)ccc3S(=O)(=O)[O-])c3ccc(=[N+](CC)CC)cc-3oc2c1. The molecule has 0 fully saturated rings. The van der Waals surface area contributed by atoms with Crippen molar-refractivity contribution >= 4 is 77.0 Å². The van der Waals surface area contributed by atoms with Gasteiger partial charge < -0.3 is 48.2 Å². The second-order valence-corrected chi connectivity index (χ2v) is 23.1. The summed E-state index contributed by atoms with van der Waals surface area (Å²) in [5.74, 6) is 0.468. The summed E-state index contributed by atoms with van der Waals surface area (Å²) in [5, 5.41) is 8.48. The van der Waals surface area contributed by atoms with Gasteiger partial charge in [0.25, 0.3) is 5.91 Å². The van der Waals surface area contributed by atoms with Crippen LogP contribution in [0.15, 0.2) is 111 Å². The molecule has 20 nitrogen and oxygen atoms in total. The van der Waals surface area contributed by atoms with Crippen LogP contribution in [0, 0.1) is 6.92 Å². The maximum atomic E-state index is 13.7. The highest BCUT2D eigenvalue weighted by Crippen LogP contribution is 2.44. The predicted molar refractivity (Wildman–Crippen MR) is 323 cm³/mol. The van der Waals surface area contributed by atoms with Crippen molar-refractivity contribution in [3.8, 4) is 28.2 Å². The second-order valence-electron chi connectivity index (χ2n) is 19.6. The van der Waals surface area contributed by atoms with E-state index in [2.05, 4.69) is 24.8 Å². The molecule has 0 saturated heterocycles. The van der Waals surface area contributed by atoms with Crippen molar-refractivity contribution in [2.45, 2.75) is 70.1 Å². The molecule has 2 heterocycles. The van der Waals surface area contributed by atoms with Gasteiger partial charge in [0, 0.05) is 101 Å². The van der Waals surface area contributed by atoms with Crippen LogP contribution in [0.25, 0.3) is 44.3 Å². The molecule has 452 valence electrons. The average Bonchev–Trinajstić information content (AvgIpc) is 1.25. The highest BCUT2D eigenvalue weighted by molar-refractivity contribution is 7.89. The second kappa shape index (κ2) is 30.9. The molecule has 23 heteroatoms. The number of fused-ring (bicyclic) bond motifs is 3. The Morgan fingerprint density at radius 3 is 1.96 bits per heavy atom. The number of anilines is 1. The minimum Gasteiger partial charge on any atom is -0.744 e. The van der Waals surface area contributed by atoms with Gasteiger partial charge in [-0.1, -0.05) is 11.6 Å². The maximum Gasteiger partial charge on any atom is 0.262 e. The van der Waals surface area contributed by atoms with Gasteiger partial charge >= 0.3 is 0 Å². The molecule has 2 amide bonds. The number of halogens is 1. The number of benzene rings is 5. The zero-order chi connectivity index (χ0) is 60.4. The van der Waals surface area contributed by atoms with E-state index in [-0.39, 0.29) is 87.2 Å². The van der Waals surface area contributed by atoms with Gasteiger partial charge in [0.15, 0.2) is 0 Å². The lowest BCUT2D eigenvalue weighted by Crippen LogP contribution is -2.29. The molecule has 0 radical (unpaired) electrons. The Kier molecular flexibility index (Phi) is 23.8. The van der Waals surface area contributed by atoms with E-state index >= 15 is 0 Å². The summed E-state index contributed by atoms with van der Waals surface area (Å²) in [4.78, 5) is 40.4. The Hall–Kier alpha value is -6.73. The monoisotopic (exact) mass is 1210 g/mol. The number of methoxy groups -OCH3 is 1. The highest BCUT2D eigenvalue weighted by Gasteiger charge is 2.27. The smallest absolute Gasteiger partial charge is 0.262 e. The topological polar surface area (TPSA) is 249 Å². The molecule has 4 aromatic carbocycles. The van der Waals surface area contributed by atoms with E-state index in [1.807, 2.05) is 71.0 Å². The number of amides is 2. The van der Waals surface area contributed by atoms with Gasteiger partial charge in [-0.15, -0.1) is 0 Å². The largest absolute Gasteiger partial charge is 0.744 e. The third kappa shape index (κ3) is 16.8. The Balaban J connectivity index is 0.768. The van der Waals surface area contributed by atoms with Gasteiger partial charge in [0.1, 0.15) is 40.3 Å². The predicted octanol–water partition coefficient (Wildman–Crippen LogP) is 7.37. The van der Waals surface area contributed by atoms with Crippen LogP contribution in [0.1, 0.15) is 68.6 Å². The molecular weight excluding hydrogens is 1140 g/mol. The number of aromatic nitrogens is 1. The summed E-state index contributed by atoms with van der Waals surface area (Å²) < 4.78 is 106. The molecule has 3 N–H and O–H groups in total. The summed E-state index contributed by atoms with van der Waals surface area (Å²) in [6.45, 7) is 15.4. The van der Waals surface area contributed by atoms with Crippen molar-refractivity contribution in [3.05, 3.63) is 124 Å². The molecule has 0 bridgehead atoms. The van der Waals surface area contributed by atoms with Crippen LogP contribution in [0.4, 0.5) is 5.69 Å². The van der Waals surface area contributed by atoms with Gasteiger partial charge in [-0.25, -0.2) is 26.1 Å². The first kappa shape index (κ1) is 64.8. The first-order valence-corrected chi connectivity index (χ1v) is 31.5. The van der Waals surface area contributed by atoms with Gasteiger partial charge in [0.05, 0.1) is 87.8 Å². The van der Waals surface area contributed by atoms with Crippen LogP contribution in [0.5, 0.6) is 5.75 Å². The van der Waals surface area contributed by atoms with Crippen molar-refractivity contribution in [2.75, 3.05) is 111 Å². The fourth-order valence-corrected chi connectivity index (χ4v) is 11.7. The number of carbonyl (C=O) groups excluding carboxylic acids is 3. The van der Waals surface area contributed by atoms with E-state index in [0.717, 1.165) is 60.3 Å². The van der Waals surface area contributed by atoms with E-state index in [0.29, 0.717) is 94.5 Å². The number of nitrogens with zero attached hydrogens (tertiary/aromatic N) is 3. The van der Waals surface area contributed by atoms with Crippen LogP contribution in [-0.4, -0.2) is 149 Å². The number of rotatable bonds is 33. The van der Waals surface area contributed by atoms with Gasteiger partial charge in [-0.2, -0.15) is 0 Å². The highest BCUT2D eigenvalue weighted by atomic mass is 35.5. The number of hydrogen-bond acceptors (Lipinski definition) is 15. The average molecular weight is 1220 g/mol. The Morgan fingerprint density at radius 1 is 0.690 bits per heavy atom. The third-order valence-electron chi connectivity index (χ3n) is 14.3. The molecule has 1 aliphatic heterocycles. The van der Waals surface area contributed by atoms with Crippen LogP contribution < -0.4 is 34.9 Å². The molecule has 84 heavy (non-hydrogen) atoms. The van der Waals surface area contributed by atoms with Gasteiger partial charge in [-0.3, -0.25) is 19.0 Å². The lowest BCUT2D eigenvalue weighted by molar-refractivity contribution is -0.122. The molecule has 0 saturated carbocycles. The minimum absolute atomic E-state index is 0.0129. The van der Waals surface area contributed by atoms with Crippen LogP contribution in [0.3, 0.4) is 0 Å². The molecule has 0 unspecified atom stereocenters. The number of sulfonamides is 1. The summed E-state index contributed by atoms with van der Waals surface area (Å²) in [5.41, 5.74) is 4.62. The fraction of sp³-hybridized carbons (Fsp3) is 0.410. The van der Waals surface area contributed by atoms with Gasteiger partial charge in [0.2, 0.25) is 27.2 Å². The van der Waals surface area contributed by atoms with Crippen LogP contribution in [0.2, 0.25) is 5.02 Å². The van der Waals surface area contributed by atoms with Crippen molar-refractivity contribution in [3.63, 3.8) is 0 Å². The lowest BCUT2D eigenvalue weighted by Gasteiger charge is -2.23. The molecular formula is C61H75ClN6O14S2. The summed E-state index contributed by atoms with van der Waals surface area (Å²) in [6.07, 6.45) is 1.55. The van der Waals surface area contributed by atoms with Crippen molar-refractivity contribution in [1.29, 1.82) is 0 Å². The molecule has 0 spiro atoms. The van der Waals surface area contributed by atoms with Crippen LogP contribution >= 0.6 is 11.6 Å². The molecule has 0 atom stereocenters. The zero-order valence-electron chi connectivity index (χ0n) is 48.4. The van der Waals surface area contributed by atoms with Crippen molar-refractivity contribution in [1.82, 2.24) is 24.5 Å². The zero-order valence-corrected chi connectivity index (χ0v) is 50.8. The van der Waals surface area contributed by atoms with E-state index in [1.165, 1.54) is 6.07 Å². The summed E-state index contributed by atoms with van der Waals surface area (Å²) in [7, 11) is -7.75. The fourth-order valence-electron chi connectivity index (χ4n) is 9.89. The molecule has 1 aliphatic carbocycles. The first-order valence-electron chi connectivity index (χ1n) is 28.2. The summed E-state index contributed by atoms with van der Waals surface area (Å²) >= 11 is 6.05. The molecule has 2 aliphatic rings. The van der Waals surface area contributed by atoms with Crippen LogP contribution in [-0.2, 0) is 55.1 Å². The number of hydrogen-bond donors (Lipinski definition) is 3. The summed E-state index contributed by atoms with van der Waals surface area (Å²) in [6, 6.07) is 26.6.